The van der Waals surface area contributed by atoms with Crippen LogP contribution in [0.4, 0.5) is 10.2 Å². The van der Waals surface area contributed by atoms with Crippen LogP contribution in [0.3, 0.4) is 0 Å². The van der Waals surface area contributed by atoms with Crippen molar-refractivity contribution in [3.05, 3.63) is 59.5 Å². The number of carbonyl (C=O) groups is 1. The number of anilines is 1. The van der Waals surface area contributed by atoms with Crippen LogP contribution in [0.5, 0.6) is 0 Å². The van der Waals surface area contributed by atoms with Gasteiger partial charge in [-0.1, -0.05) is 24.3 Å². The molecule has 1 saturated heterocycles. The highest BCUT2D eigenvalue weighted by Crippen LogP contribution is 2.27. The Hall–Kier alpha value is -2.73. The van der Waals surface area contributed by atoms with E-state index in [0.29, 0.717) is 22.2 Å². The molecule has 1 fully saturated rings. The zero-order valence-electron chi connectivity index (χ0n) is 15.6. The molecule has 2 heterocycles. The third-order valence-electron chi connectivity index (χ3n) is 5.25. The molecule has 0 atom stereocenters. The molecule has 3 aromatic rings. The first-order chi connectivity index (χ1) is 13.0. The number of amides is 1. The van der Waals surface area contributed by atoms with Gasteiger partial charge in [-0.3, -0.25) is 4.79 Å². The van der Waals surface area contributed by atoms with E-state index in [9.17, 15) is 9.18 Å². The van der Waals surface area contributed by atoms with Crippen molar-refractivity contribution in [1.82, 2.24) is 14.7 Å². The van der Waals surface area contributed by atoms with Gasteiger partial charge in [0.05, 0.1) is 11.7 Å². The minimum Gasteiger partial charge on any atom is -0.307 e. The SMILES string of the molecule is Cc1cc(NC(=O)c2ccc(F)c3ccccc23)n(C2CCN(C)CC2)n1. The molecule has 6 heteroatoms. The van der Waals surface area contributed by atoms with E-state index in [1.54, 1.807) is 18.2 Å². The largest absolute Gasteiger partial charge is 0.307 e. The van der Waals surface area contributed by atoms with Gasteiger partial charge in [-0.15, -0.1) is 0 Å². The van der Waals surface area contributed by atoms with E-state index in [1.165, 1.54) is 12.1 Å². The first-order valence-electron chi connectivity index (χ1n) is 9.26. The van der Waals surface area contributed by atoms with Gasteiger partial charge in [0.1, 0.15) is 11.6 Å². The average Bonchev–Trinajstić information content (AvgIpc) is 3.03. The van der Waals surface area contributed by atoms with Crippen molar-refractivity contribution in [2.75, 3.05) is 25.5 Å². The molecule has 0 bridgehead atoms. The fraction of sp³-hybridized carbons (Fsp3) is 0.333. The van der Waals surface area contributed by atoms with Crippen LogP contribution in [0.25, 0.3) is 10.8 Å². The minimum atomic E-state index is -0.325. The first kappa shape index (κ1) is 17.7. The van der Waals surface area contributed by atoms with Gasteiger partial charge in [0.2, 0.25) is 0 Å². The number of nitrogens with zero attached hydrogens (tertiary/aromatic N) is 3. The van der Waals surface area contributed by atoms with Crippen molar-refractivity contribution < 1.29 is 9.18 Å². The van der Waals surface area contributed by atoms with Gasteiger partial charge in [0.15, 0.2) is 0 Å². The maximum atomic E-state index is 14.0. The summed E-state index contributed by atoms with van der Waals surface area (Å²) in [4.78, 5) is 15.3. The molecule has 1 amide bonds. The summed E-state index contributed by atoms with van der Waals surface area (Å²) >= 11 is 0. The van der Waals surface area contributed by atoms with Crippen LogP contribution < -0.4 is 5.32 Å². The number of carbonyl (C=O) groups excluding carboxylic acids is 1. The van der Waals surface area contributed by atoms with Gasteiger partial charge in [0, 0.05) is 17.0 Å². The molecule has 140 valence electrons. The Labute approximate surface area is 157 Å². The smallest absolute Gasteiger partial charge is 0.257 e. The normalized spacial score (nSPS) is 16.0. The number of hydrogen-bond donors (Lipinski definition) is 1. The number of hydrogen-bond acceptors (Lipinski definition) is 3. The van der Waals surface area contributed by atoms with Crippen LogP contribution in [0, 0.1) is 12.7 Å². The van der Waals surface area contributed by atoms with Crippen molar-refractivity contribution in [2.24, 2.45) is 0 Å². The minimum absolute atomic E-state index is 0.250. The van der Waals surface area contributed by atoms with Crippen LogP contribution in [0.15, 0.2) is 42.5 Å². The molecule has 0 spiro atoms. The molecule has 1 aromatic heterocycles. The van der Waals surface area contributed by atoms with E-state index in [2.05, 4.69) is 22.4 Å². The van der Waals surface area contributed by atoms with E-state index in [0.717, 1.165) is 31.6 Å². The summed E-state index contributed by atoms with van der Waals surface area (Å²) < 4.78 is 16.0. The molecule has 4 rings (SSSR count). The molecule has 0 radical (unpaired) electrons. The highest BCUT2D eigenvalue weighted by molar-refractivity contribution is 6.12. The predicted octanol–water partition coefficient (Wildman–Crippen LogP) is 4.00. The van der Waals surface area contributed by atoms with Crippen molar-refractivity contribution in [2.45, 2.75) is 25.8 Å². The molecule has 5 nitrogen and oxygen atoms in total. The lowest BCUT2D eigenvalue weighted by atomic mass is 10.0. The van der Waals surface area contributed by atoms with Crippen LogP contribution in [-0.4, -0.2) is 40.7 Å². The number of fused-ring (bicyclic) bond motifs is 1. The lowest BCUT2D eigenvalue weighted by Gasteiger charge is -2.30. The Morgan fingerprint density at radius 2 is 1.85 bits per heavy atom. The second-order valence-electron chi connectivity index (χ2n) is 7.24. The Balaban J connectivity index is 1.64. The lowest BCUT2D eigenvalue weighted by molar-refractivity contribution is 0.102. The zero-order valence-corrected chi connectivity index (χ0v) is 15.6. The van der Waals surface area contributed by atoms with E-state index in [-0.39, 0.29) is 17.8 Å². The summed E-state index contributed by atoms with van der Waals surface area (Å²) in [6.45, 7) is 3.95. The number of rotatable bonds is 3. The summed E-state index contributed by atoms with van der Waals surface area (Å²) in [6, 6.07) is 12.1. The highest BCUT2D eigenvalue weighted by atomic mass is 19.1. The Morgan fingerprint density at radius 1 is 1.15 bits per heavy atom. The van der Waals surface area contributed by atoms with Crippen LogP contribution in [0.2, 0.25) is 0 Å². The number of halogens is 1. The predicted molar refractivity (Wildman–Crippen MR) is 105 cm³/mol. The number of aromatic nitrogens is 2. The van der Waals surface area contributed by atoms with Crippen molar-refractivity contribution in [1.29, 1.82) is 0 Å². The Kier molecular flexibility index (Phi) is 4.66. The number of nitrogens with one attached hydrogen (secondary N) is 1. The standard InChI is InChI=1S/C21H23FN4O/c1-14-13-20(26(24-14)15-9-11-25(2)12-10-15)23-21(27)18-7-8-19(22)17-6-4-3-5-16(17)18/h3-8,13,15H,9-12H2,1-2H3,(H,23,27). The average molecular weight is 366 g/mol. The van der Waals surface area contributed by atoms with E-state index in [1.807, 2.05) is 23.7 Å². The number of benzene rings is 2. The second kappa shape index (κ2) is 7.12. The van der Waals surface area contributed by atoms with Crippen LogP contribution in [0.1, 0.15) is 34.9 Å². The van der Waals surface area contributed by atoms with E-state index < -0.39 is 0 Å². The van der Waals surface area contributed by atoms with Gasteiger partial charge >= 0.3 is 0 Å². The summed E-state index contributed by atoms with van der Waals surface area (Å²) in [6.07, 6.45) is 2.00. The maximum Gasteiger partial charge on any atom is 0.257 e. The van der Waals surface area contributed by atoms with Crippen molar-refractivity contribution in [3.8, 4) is 0 Å². The van der Waals surface area contributed by atoms with E-state index >= 15 is 0 Å². The molecule has 0 saturated carbocycles. The van der Waals surface area contributed by atoms with Crippen molar-refractivity contribution >= 4 is 22.5 Å². The molecule has 1 N–H and O–H groups in total. The number of likely N-dealkylation sites (tertiary alicyclic amines) is 1. The molecule has 1 aliphatic rings. The monoisotopic (exact) mass is 366 g/mol. The van der Waals surface area contributed by atoms with Gasteiger partial charge < -0.3 is 10.2 Å². The summed E-state index contributed by atoms with van der Waals surface area (Å²) in [5.74, 6) is 0.120. The van der Waals surface area contributed by atoms with E-state index in [4.69, 9.17) is 0 Å². The third kappa shape index (κ3) is 3.45. The number of piperidine rings is 1. The molecule has 27 heavy (non-hydrogen) atoms. The van der Waals surface area contributed by atoms with Crippen molar-refractivity contribution in [3.63, 3.8) is 0 Å². The highest BCUT2D eigenvalue weighted by Gasteiger charge is 2.23. The molecule has 0 aliphatic carbocycles. The van der Waals surface area contributed by atoms with Crippen LogP contribution in [-0.2, 0) is 0 Å². The summed E-state index contributed by atoms with van der Waals surface area (Å²) in [5, 5.41) is 8.66. The van der Waals surface area contributed by atoms with Gasteiger partial charge in [-0.05, 0) is 57.4 Å². The maximum absolute atomic E-state index is 14.0. The molecule has 2 aromatic carbocycles. The van der Waals surface area contributed by atoms with Crippen LogP contribution >= 0.6 is 0 Å². The van der Waals surface area contributed by atoms with Gasteiger partial charge in [-0.2, -0.15) is 5.10 Å². The lowest BCUT2D eigenvalue weighted by Crippen LogP contribution is -2.32. The third-order valence-corrected chi connectivity index (χ3v) is 5.25. The first-order valence-corrected chi connectivity index (χ1v) is 9.26. The fourth-order valence-corrected chi connectivity index (χ4v) is 3.77. The molecule has 1 aliphatic heterocycles. The fourth-order valence-electron chi connectivity index (χ4n) is 3.77. The molecular weight excluding hydrogens is 343 g/mol. The summed E-state index contributed by atoms with van der Waals surface area (Å²) in [7, 11) is 2.12. The Bertz CT molecular complexity index is 989. The topological polar surface area (TPSA) is 50.2 Å². The molecular formula is C21H23FN4O. The quantitative estimate of drug-likeness (QED) is 0.762. The van der Waals surface area contributed by atoms with Gasteiger partial charge in [-0.25, -0.2) is 9.07 Å². The van der Waals surface area contributed by atoms with Gasteiger partial charge in [0.25, 0.3) is 5.91 Å². The summed E-state index contributed by atoms with van der Waals surface area (Å²) in [5.41, 5.74) is 1.33. The Morgan fingerprint density at radius 3 is 2.59 bits per heavy atom. The molecule has 0 unspecified atom stereocenters. The zero-order chi connectivity index (χ0) is 19.0. The number of aryl methyl sites for hydroxylation is 1. The second-order valence-corrected chi connectivity index (χ2v) is 7.24.